The van der Waals surface area contributed by atoms with Crippen LogP contribution < -0.4 is 11.2 Å². The van der Waals surface area contributed by atoms with Crippen molar-refractivity contribution in [3.8, 4) is 0 Å². The van der Waals surface area contributed by atoms with Crippen LogP contribution in [0.4, 0.5) is 0 Å². The van der Waals surface area contributed by atoms with Crippen LogP contribution >= 0.6 is 11.6 Å². The number of rotatable bonds is 6. The maximum absolute atomic E-state index is 12.4. The summed E-state index contributed by atoms with van der Waals surface area (Å²) in [5.41, 5.74) is -0.331. The Balaban J connectivity index is 3.45. The lowest BCUT2D eigenvalue weighted by atomic mass is 10.0. The second-order valence-electron chi connectivity index (χ2n) is 4.91. The molecule has 1 aromatic rings. The van der Waals surface area contributed by atoms with Gasteiger partial charge < -0.3 is 4.74 Å². The van der Waals surface area contributed by atoms with Crippen molar-refractivity contribution in [2.24, 2.45) is 5.92 Å². The molecule has 1 rings (SSSR count). The number of hydrogen-bond donors (Lipinski definition) is 1. The van der Waals surface area contributed by atoms with Gasteiger partial charge in [0, 0.05) is 7.11 Å². The highest BCUT2D eigenvalue weighted by Gasteiger charge is 2.22. The van der Waals surface area contributed by atoms with E-state index in [0.29, 0.717) is 18.6 Å². The Morgan fingerprint density at radius 3 is 2.47 bits per heavy atom. The summed E-state index contributed by atoms with van der Waals surface area (Å²) in [6, 6.07) is -0.297. The van der Waals surface area contributed by atoms with Crippen molar-refractivity contribution in [1.29, 1.82) is 0 Å². The molecule has 5 nitrogen and oxygen atoms in total. The Morgan fingerprint density at radius 2 is 2.00 bits per heavy atom. The number of nitrogens with zero attached hydrogens (tertiary/aromatic N) is 1. The van der Waals surface area contributed by atoms with Gasteiger partial charge in [0.15, 0.2) is 0 Å². The summed E-state index contributed by atoms with van der Waals surface area (Å²) in [7, 11) is 1.55. The van der Waals surface area contributed by atoms with Crippen LogP contribution in [-0.4, -0.2) is 23.3 Å². The van der Waals surface area contributed by atoms with Gasteiger partial charge >= 0.3 is 5.69 Å². The molecule has 1 aromatic heterocycles. The van der Waals surface area contributed by atoms with E-state index in [-0.39, 0.29) is 22.7 Å². The number of halogens is 1. The first-order valence-electron chi connectivity index (χ1n) is 6.46. The fraction of sp³-hybridized carbons (Fsp3) is 0.692. The van der Waals surface area contributed by atoms with Gasteiger partial charge in [-0.15, -0.1) is 0 Å². The lowest BCUT2D eigenvalue weighted by molar-refractivity contribution is 0.128. The number of aromatic amines is 1. The molecule has 1 atom stereocenters. The number of H-pyrrole nitrogens is 1. The van der Waals surface area contributed by atoms with Gasteiger partial charge in [-0.05, 0) is 12.3 Å². The van der Waals surface area contributed by atoms with E-state index in [4.69, 9.17) is 16.3 Å². The number of ether oxygens (including phenoxy) is 1. The van der Waals surface area contributed by atoms with Crippen LogP contribution in [0.3, 0.4) is 0 Å². The summed E-state index contributed by atoms with van der Waals surface area (Å²) in [5, 5.41) is 0.146. The monoisotopic (exact) mass is 288 g/mol. The maximum Gasteiger partial charge on any atom is 0.329 e. The van der Waals surface area contributed by atoms with Gasteiger partial charge in [0.2, 0.25) is 0 Å². The molecule has 0 bridgehead atoms. The van der Waals surface area contributed by atoms with Crippen molar-refractivity contribution in [3.05, 3.63) is 31.6 Å². The Kier molecular flexibility index (Phi) is 5.82. The van der Waals surface area contributed by atoms with Crippen molar-refractivity contribution in [3.63, 3.8) is 0 Å². The van der Waals surface area contributed by atoms with Crippen LogP contribution in [0.1, 0.15) is 38.8 Å². The third-order valence-electron chi connectivity index (χ3n) is 3.12. The molecular formula is C13H21ClN2O3. The first-order chi connectivity index (χ1) is 8.93. The van der Waals surface area contributed by atoms with E-state index in [1.807, 2.05) is 20.8 Å². The molecule has 19 heavy (non-hydrogen) atoms. The molecule has 0 aliphatic heterocycles. The van der Waals surface area contributed by atoms with E-state index in [1.54, 1.807) is 7.11 Å². The van der Waals surface area contributed by atoms with Crippen LogP contribution in [0.15, 0.2) is 9.59 Å². The lowest BCUT2D eigenvalue weighted by Crippen LogP contribution is -2.43. The first kappa shape index (κ1) is 16.0. The molecule has 0 fully saturated rings. The molecule has 0 saturated carbocycles. The van der Waals surface area contributed by atoms with Crippen LogP contribution in [0.2, 0.25) is 5.15 Å². The minimum atomic E-state index is -0.481. The second-order valence-corrected chi connectivity index (χ2v) is 5.29. The molecule has 1 N–H and O–H groups in total. The molecule has 0 radical (unpaired) electrons. The molecule has 0 amide bonds. The minimum Gasteiger partial charge on any atom is -0.383 e. The number of hydrogen-bond acceptors (Lipinski definition) is 3. The summed E-state index contributed by atoms with van der Waals surface area (Å²) < 4.78 is 6.34. The van der Waals surface area contributed by atoms with E-state index >= 15 is 0 Å². The van der Waals surface area contributed by atoms with Crippen molar-refractivity contribution in [2.75, 3.05) is 13.7 Å². The average molecular weight is 289 g/mol. The molecule has 0 aliphatic rings. The van der Waals surface area contributed by atoms with Gasteiger partial charge in [0.25, 0.3) is 5.56 Å². The molecule has 6 heteroatoms. The Bertz CT molecular complexity index is 534. The van der Waals surface area contributed by atoms with Gasteiger partial charge in [0.1, 0.15) is 5.15 Å². The smallest absolute Gasteiger partial charge is 0.329 e. The number of methoxy groups -OCH3 is 1. The molecule has 1 heterocycles. The van der Waals surface area contributed by atoms with Gasteiger partial charge in [-0.3, -0.25) is 14.3 Å². The first-order valence-corrected chi connectivity index (χ1v) is 6.83. The van der Waals surface area contributed by atoms with Crippen LogP contribution in [0.25, 0.3) is 0 Å². The minimum absolute atomic E-state index is 0.106. The predicted molar refractivity (Wildman–Crippen MR) is 76.1 cm³/mol. The summed E-state index contributed by atoms with van der Waals surface area (Å²) in [6.07, 6.45) is 1.34. The highest BCUT2D eigenvalue weighted by atomic mass is 35.5. The topological polar surface area (TPSA) is 64.1 Å². The van der Waals surface area contributed by atoms with E-state index in [1.165, 1.54) is 4.57 Å². The predicted octanol–water partition coefficient (Wildman–Crippen LogP) is 1.99. The number of nitrogens with one attached hydrogen (secondary N) is 1. The zero-order valence-corrected chi connectivity index (χ0v) is 12.6. The van der Waals surface area contributed by atoms with E-state index in [9.17, 15) is 9.59 Å². The van der Waals surface area contributed by atoms with E-state index < -0.39 is 5.69 Å². The average Bonchev–Trinajstić information content (AvgIpc) is 2.33. The standard InChI is InChI=1S/C13H21ClN2O3/c1-5-6-9-11(14)15-13(18)16(12(9)17)10(7-19-4)8(2)3/h8,10H,5-7H2,1-4H3,(H,15,18). The fourth-order valence-corrected chi connectivity index (χ4v) is 2.32. The van der Waals surface area contributed by atoms with Crippen molar-refractivity contribution in [1.82, 2.24) is 9.55 Å². The van der Waals surface area contributed by atoms with Gasteiger partial charge in [-0.25, -0.2) is 4.79 Å². The van der Waals surface area contributed by atoms with Crippen molar-refractivity contribution in [2.45, 2.75) is 39.7 Å². The summed E-state index contributed by atoms with van der Waals surface area (Å²) in [4.78, 5) is 27.0. The normalized spacial score (nSPS) is 12.9. The van der Waals surface area contributed by atoms with Gasteiger partial charge in [0.05, 0.1) is 18.2 Å². The highest BCUT2D eigenvalue weighted by molar-refractivity contribution is 6.30. The van der Waals surface area contributed by atoms with Crippen LogP contribution in [-0.2, 0) is 11.2 Å². The summed E-state index contributed by atoms with van der Waals surface area (Å²) in [6.45, 7) is 6.17. The summed E-state index contributed by atoms with van der Waals surface area (Å²) in [5.74, 6) is 0.106. The molecule has 0 spiro atoms. The molecule has 1 unspecified atom stereocenters. The Hall–Kier alpha value is -1.07. The largest absolute Gasteiger partial charge is 0.383 e. The third kappa shape index (κ3) is 3.48. The Morgan fingerprint density at radius 1 is 1.37 bits per heavy atom. The molecular weight excluding hydrogens is 268 g/mol. The maximum atomic E-state index is 12.4. The molecule has 108 valence electrons. The molecule has 0 aliphatic carbocycles. The highest BCUT2D eigenvalue weighted by Crippen LogP contribution is 2.16. The zero-order valence-electron chi connectivity index (χ0n) is 11.8. The van der Waals surface area contributed by atoms with Crippen molar-refractivity contribution < 1.29 is 4.74 Å². The SMILES string of the molecule is CCCc1c(Cl)[nH]c(=O)n(C(COC)C(C)C)c1=O. The van der Waals surface area contributed by atoms with Crippen molar-refractivity contribution >= 4 is 11.6 Å². The third-order valence-corrected chi connectivity index (χ3v) is 3.44. The summed E-state index contributed by atoms with van der Waals surface area (Å²) >= 11 is 5.95. The molecule has 0 aromatic carbocycles. The number of aromatic nitrogens is 2. The van der Waals surface area contributed by atoms with E-state index in [0.717, 1.165) is 6.42 Å². The second kappa shape index (κ2) is 6.91. The Labute approximate surface area is 117 Å². The van der Waals surface area contributed by atoms with Crippen LogP contribution in [0.5, 0.6) is 0 Å². The zero-order chi connectivity index (χ0) is 14.6. The van der Waals surface area contributed by atoms with E-state index in [2.05, 4.69) is 4.98 Å². The van der Waals surface area contributed by atoms with Gasteiger partial charge in [-0.1, -0.05) is 38.8 Å². The quantitative estimate of drug-likeness (QED) is 0.814. The lowest BCUT2D eigenvalue weighted by Gasteiger charge is -2.22. The van der Waals surface area contributed by atoms with Crippen LogP contribution in [0, 0.1) is 5.92 Å². The molecule has 0 saturated heterocycles. The van der Waals surface area contributed by atoms with Gasteiger partial charge in [-0.2, -0.15) is 0 Å². The fourth-order valence-electron chi connectivity index (χ4n) is 2.06.